The van der Waals surface area contributed by atoms with Gasteiger partial charge in [-0.05, 0) is 32.0 Å². The summed E-state index contributed by atoms with van der Waals surface area (Å²) in [6, 6.07) is 8.92. The molecule has 0 radical (unpaired) electrons. The molecule has 0 aliphatic heterocycles. The van der Waals surface area contributed by atoms with E-state index in [1.54, 1.807) is 25.3 Å². The van der Waals surface area contributed by atoms with E-state index in [9.17, 15) is 0 Å². The number of hydrogen-bond donors (Lipinski definition) is 0. The molecule has 0 atom stereocenters. The van der Waals surface area contributed by atoms with E-state index in [-0.39, 0.29) is 12.4 Å². The number of ether oxygens (including phenoxy) is 2. The fraction of sp³-hybridized carbons (Fsp3) is 0.579. The third kappa shape index (κ3) is 15.5. The maximum absolute atomic E-state index is 8.92. The standard InChI is InChI=1S/C13H16N3O.C4H10O.C2H6.ClH/c1-16(2,3)6-7-17-13-8-11(9-14)4-5-12(13)10-15;1-4(2)5-3;1-2;/h4-5,8H,6-7H2,1-3H3;4H,1-3H3;1-2H3;1H/q+1;;;/p-1. The van der Waals surface area contributed by atoms with E-state index in [0.29, 0.717) is 29.6 Å². The predicted molar refractivity (Wildman–Crippen MR) is 97.8 cm³/mol. The molecule has 0 aliphatic rings. The molecule has 0 aromatic heterocycles. The molecule has 6 heteroatoms. The van der Waals surface area contributed by atoms with Gasteiger partial charge in [0.25, 0.3) is 0 Å². The zero-order valence-corrected chi connectivity index (χ0v) is 17.5. The molecule has 0 fully saturated rings. The maximum atomic E-state index is 8.92. The molecule has 1 aromatic carbocycles. The van der Waals surface area contributed by atoms with Crippen LogP contribution in [0.5, 0.6) is 5.75 Å². The molecule has 0 saturated heterocycles. The summed E-state index contributed by atoms with van der Waals surface area (Å²) in [7, 11) is 7.91. The monoisotopic (exact) mass is 369 g/mol. The van der Waals surface area contributed by atoms with Gasteiger partial charge in [-0.15, -0.1) is 0 Å². The van der Waals surface area contributed by atoms with Crippen LogP contribution >= 0.6 is 0 Å². The van der Waals surface area contributed by atoms with Gasteiger partial charge in [0, 0.05) is 7.11 Å². The fourth-order valence-electron chi connectivity index (χ4n) is 1.23. The van der Waals surface area contributed by atoms with Gasteiger partial charge >= 0.3 is 0 Å². The van der Waals surface area contributed by atoms with Gasteiger partial charge in [-0.1, -0.05) is 13.8 Å². The van der Waals surface area contributed by atoms with Crippen molar-refractivity contribution in [1.29, 1.82) is 10.5 Å². The Kier molecular flexibility index (Phi) is 17.6. The summed E-state index contributed by atoms with van der Waals surface area (Å²) in [6.45, 7) is 9.36. The van der Waals surface area contributed by atoms with Gasteiger partial charge < -0.3 is 26.4 Å². The van der Waals surface area contributed by atoms with Gasteiger partial charge in [0.2, 0.25) is 0 Å². The number of nitrogens with zero attached hydrogens (tertiary/aromatic N) is 3. The highest BCUT2D eigenvalue weighted by atomic mass is 35.5. The molecule has 25 heavy (non-hydrogen) atoms. The molecule has 0 bridgehead atoms. The molecule has 0 saturated carbocycles. The molecule has 0 heterocycles. The van der Waals surface area contributed by atoms with E-state index in [1.165, 1.54) is 0 Å². The topological polar surface area (TPSA) is 66.0 Å². The lowest BCUT2D eigenvalue weighted by molar-refractivity contribution is -0.870. The number of rotatable bonds is 5. The molecule has 0 amide bonds. The summed E-state index contributed by atoms with van der Waals surface area (Å²) in [6.07, 6.45) is 0.384. The minimum Gasteiger partial charge on any atom is -1.00 e. The van der Waals surface area contributed by atoms with Crippen LogP contribution in [0.15, 0.2) is 18.2 Å². The fourth-order valence-corrected chi connectivity index (χ4v) is 1.23. The van der Waals surface area contributed by atoms with Crippen LogP contribution in [0.1, 0.15) is 38.8 Å². The van der Waals surface area contributed by atoms with E-state index in [0.717, 1.165) is 11.0 Å². The third-order valence-electron chi connectivity index (χ3n) is 2.72. The number of quaternary nitrogens is 1. The smallest absolute Gasteiger partial charge is 0.138 e. The Bertz CT molecular complexity index is 541. The zero-order chi connectivity index (χ0) is 19.2. The highest BCUT2D eigenvalue weighted by Gasteiger charge is 2.09. The van der Waals surface area contributed by atoms with Crippen LogP contribution in [-0.2, 0) is 4.74 Å². The average molecular weight is 370 g/mol. The van der Waals surface area contributed by atoms with E-state index < -0.39 is 0 Å². The minimum atomic E-state index is 0. The number of nitriles is 2. The number of hydrogen-bond acceptors (Lipinski definition) is 4. The lowest BCUT2D eigenvalue weighted by atomic mass is 10.1. The molecular formula is C19H32ClN3O2. The highest BCUT2D eigenvalue weighted by Crippen LogP contribution is 2.19. The summed E-state index contributed by atoms with van der Waals surface area (Å²) < 4.78 is 11.1. The van der Waals surface area contributed by atoms with Crippen LogP contribution in [0.25, 0.3) is 0 Å². The van der Waals surface area contributed by atoms with Crippen molar-refractivity contribution in [3.63, 3.8) is 0 Å². The number of halogens is 1. The second-order valence-corrected chi connectivity index (χ2v) is 6.08. The first-order valence-electron chi connectivity index (χ1n) is 8.13. The Morgan fingerprint density at radius 2 is 1.60 bits per heavy atom. The summed E-state index contributed by atoms with van der Waals surface area (Å²) in [5, 5.41) is 17.7. The van der Waals surface area contributed by atoms with Gasteiger partial charge in [0.15, 0.2) is 0 Å². The Morgan fingerprint density at radius 1 is 1.08 bits per heavy atom. The molecule has 0 aliphatic carbocycles. The minimum absolute atomic E-state index is 0. The van der Waals surface area contributed by atoms with Crippen molar-refractivity contribution >= 4 is 0 Å². The van der Waals surface area contributed by atoms with Crippen molar-refractivity contribution in [3.8, 4) is 17.9 Å². The molecule has 0 unspecified atom stereocenters. The van der Waals surface area contributed by atoms with E-state index in [2.05, 4.69) is 27.2 Å². The summed E-state index contributed by atoms with van der Waals surface area (Å²) in [4.78, 5) is 0. The van der Waals surface area contributed by atoms with Crippen LogP contribution < -0.4 is 17.1 Å². The summed E-state index contributed by atoms with van der Waals surface area (Å²) in [5.74, 6) is 0.486. The van der Waals surface area contributed by atoms with Crippen LogP contribution in [0.4, 0.5) is 0 Å². The first kappa shape index (κ1) is 28.0. The first-order chi connectivity index (χ1) is 11.2. The molecule has 1 rings (SSSR count). The molecule has 142 valence electrons. The van der Waals surface area contributed by atoms with Crippen molar-refractivity contribution in [1.82, 2.24) is 0 Å². The quantitative estimate of drug-likeness (QED) is 0.712. The Morgan fingerprint density at radius 3 is 1.96 bits per heavy atom. The van der Waals surface area contributed by atoms with Crippen molar-refractivity contribution in [2.24, 2.45) is 0 Å². The zero-order valence-electron chi connectivity index (χ0n) is 16.8. The summed E-state index contributed by atoms with van der Waals surface area (Å²) in [5.41, 5.74) is 0.967. The van der Waals surface area contributed by atoms with E-state index in [1.807, 2.05) is 33.8 Å². The second kappa shape index (κ2) is 15.7. The lowest BCUT2D eigenvalue weighted by Gasteiger charge is -2.23. The molecule has 1 aromatic rings. The molecule has 5 nitrogen and oxygen atoms in total. The molecular weight excluding hydrogens is 338 g/mol. The largest absolute Gasteiger partial charge is 1.00 e. The van der Waals surface area contributed by atoms with Gasteiger partial charge in [0.05, 0.1) is 44.4 Å². The number of likely N-dealkylation sites (N-methyl/N-ethyl adjacent to an activating group) is 1. The van der Waals surface area contributed by atoms with Crippen LogP contribution in [0, 0.1) is 22.7 Å². The molecule has 0 spiro atoms. The Labute approximate surface area is 159 Å². The maximum Gasteiger partial charge on any atom is 0.138 e. The number of methoxy groups -OCH3 is 1. The Hall–Kier alpha value is -1.79. The average Bonchev–Trinajstić information content (AvgIpc) is 2.56. The highest BCUT2D eigenvalue weighted by molar-refractivity contribution is 5.48. The van der Waals surface area contributed by atoms with Crippen molar-refractivity contribution in [3.05, 3.63) is 29.3 Å². The molecule has 0 N–H and O–H groups in total. The first-order valence-corrected chi connectivity index (χ1v) is 8.13. The normalized spacial score (nSPS) is 9.24. The lowest BCUT2D eigenvalue weighted by Crippen LogP contribution is -3.00. The van der Waals surface area contributed by atoms with Crippen molar-refractivity contribution in [2.75, 3.05) is 41.4 Å². The second-order valence-electron chi connectivity index (χ2n) is 6.08. The van der Waals surface area contributed by atoms with Crippen LogP contribution in [-0.4, -0.2) is 52.0 Å². The van der Waals surface area contributed by atoms with Gasteiger partial charge in [-0.2, -0.15) is 10.5 Å². The summed E-state index contributed by atoms with van der Waals surface area (Å²) >= 11 is 0. The van der Waals surface area contributed by atoms with Gasteiger partial charge in [-0.3, -0.25) is 0 Å². The van der Waals surface area contributed by atoms with Gasteiger partial charge in [-0.25, -0.2) is 0 Å². The van der Waals surface area contributed by atoms with Crippen LogP contribution in [0.2, 0.25) is 0 Å². The van der Waals surface area contributed by atoms with Crippen molar-refractivity contribution < 1.29 is 26.4 Å². The third-order valence-corrected chi connectivity index (χ3v) is 2.72. The van der Waals surface area contributed by atoms with Gasteiger partial charge in [0.1, 0.15) is 25.0 Å². The van der Waals surface area contributed by atoms with Crippen molar-refractivity contribution in [2.45, 2.75) is 33.8 Å². The SMILES string of the molecule is CC.COC(C)C.C[N+](C)(C)CCOc1cc(C#N)ccc1C#N.[Cl-]. The number of benzene rings is 1. The predicted octanol–water partition coefficient (Wildman–Crippen LogP) is 0.586. The Balaban J connectivity index is -0.000000521. The van der Waals surface area contributed by atoms with E-state index >= 15 is 0 Å². The van der Waals surface area contributed by atoms with E-state index in [4.69, 9.17) is 20.0 Å². The van der Waals surface area contributed by atoms with Crippen LogP contribution in [0.3, 0.4) is 0 Å².